The molecule has 0 aromatic heterocycles. The molecule has 7 nitrogen and oxygen atoms in total. The van der Waals surface area contributed by atoms with Crippen molar-refractivity contribution >= 4 is 40.9 Å². The highest BCUT2D eigenvalue weighted by Gasteiger charge is 2.37. The minimum Gasteiger partial charge on any atom is -0.459 e. The van der Waals surface area contributed by atoms with Crippen LogP contribution < -0.4 is 4.90 Å². The Morgan fingerprint density at radius 2 is 1.53 bits per heavy atom. The minimum absolute atomic E-state index is 0.0160. The summed E-state index contributed by atoms with van der Waals surface area (Å²) < 4.78 is 10.5. The van der Waals surface area contributed by atoms with Crippen LogP contribution >= 0.6 is 11.6 Å². The second-order valence-electron chi connectivity index (χ2n) is 7.86. The van der Waals surface area contributed by atoms with Crippen LogP contribution in [0, 0.1) is 5.92 Å². The summed E-state index contributed by atoms with van der Waals surface area (Å²) in [7, 11) is 0. The fourth-order valence-corrected chi connectivity index (χ4v) is 3.47. The van der Waals surface area contributed by atoms with Crippen LogP contribution in [0.1, 0.15) is 47.9 Å². The van der Waals surface area contributed by atoms with Crippen LogP contribution in [0.3, 0.4) is 0 Å². The van der Waals surface area contributed by atoms with Gasteiger partial charge in [0.2, 0.25) is 11.7 Å². The highest BCUT2D eigenvalue weighted by atomic mass is 35.5. The molecule has 1 fully saturated rings. The first-order valence-electron chi connectivity index (χ1n) is 10.3. The molecule has 168 valence electrons. The van der Waals surface area contributed by atoms with E-state index in [2.05, 4.69) is 0 Å². The van der Waals surface area contributed by atoms with E-state index < -0.39 is 24.0 Å². The average Bonchev–Trinajstić information content (AvgIpc) is 3.15. The molecular weight excluding hydrogens is 434 g/mol. The Morgan fingerprint density at radius 1 is 0.938 bits per heavy atom. The molecule has 0 N–H and O–H groups in total. The predicted octanol–water partition coefficient (Wildman–Crippen LogP) is 4.07. The van der Waals surface area contributed by atoms with Crippen molar-refractivity contribution in [2.24, 2.45) is 5.92 Å². The van der Waals surface area contributed by atoms with Gasteiger partial charge in [-0.25, -0.2) is 4.79 Å². The first kappa shape index (κ1) is 23.5. The number of esters is 2. The molecule has 0 radical (unpaired) electrons. The van der Waals surface area contributed by atoms with Crippen molar-refractivity contribution in [1.82, 2.24) is 0 Å². The van der Waals surface area contributed by atoms with Gasteiger partial charge in [-0.1, -0.05) is 11.6 Å². The zero-order valence-electron chi connectivity index (χ0n) is 18.0. The molecule has 8 heteroatoms. The van der Waals surface area contributed by atoms with E-state index in [1.54, 1.807) is 62.4 Å². The number of carbonyl (C=O) groups is 4. The summed E-state index contributed by atoms with van der Waals surface area (Å²) >= 11 is 5.83. The Labute approximate surface area is 191 Å². The van der Waals surface area contributed by atoms with E-state index in [0.29, 0.717) is 21.8 Å². The molecule has 1 heterocycles. The Morgan fingerprint density at radius 3 is 2.12 bits per heavy atom. The number of hydrogen-bond acceptors (Lipinski definition) is 6. The quantitative estimate of drug-likeness (QED) is 0.460. The summed E-state index contributed by atoms with van der Waals surface area (Å²) in [6.07, 6.45) is -1.24. The number of hydrogen-bond donors (Lipinski definition) is 0. The Balaban J connectivity index is 1.61. The first-order valence-corrected chi connectivity index (χ1v) is 10.6. The Hall–Kier alpha value is -3.19. The highest BCUT2D eigenvalue weighted by Crippen LogP contribution is 2.27. The first-order chi connectivity index (χ1) is 15.2. The number of ketones is 1. The van der Waals surface area contributed by atoms with Gasteiger partial charge < -0.3 is 14.4 Å². The number of benzene rings is 2. The number of amides is 1. The molecule has 2 aromatic carbocycles. The zero-order valence-corrected chi connectivity index (χ0v) is 18.8. The SMILES string of the molecule is CC(C)OC(=O)c1ccc(N2C[C@@H](C(=O)O[C@@H](C)C(=O)c3ccc(Cl)cc3)CC2=O)cc1. The van der Waals surface area contributed by atoms with Crippen LogP contribution in [0.2, 0.25) is 5.02 Å². The molecule has 32 heavy (non-hydrogen) atoms. The smallest absolute Gasteiger partial charge is 0.338 e. The molecule has 1 amide bonds. The van der Waals surface area contributed by atoms with Crippen molar-refractivity contribution in [1.29, 1.82) is 0 Å². The maximum absolute atomic E-state index is 12.6. The third kappa shape index (κ3) is 5.53. The fraction of sp³-hybridized carbons (Fsp3) is 0.333. The number of nitrogens with zero attached hydrogens (tertiary/aromatic N) is 1. The second-order valence-corrected chi connectivity index (χ2v) is 8.29. The van der Waals surface area contributed by atoms with Gasteiger partial charge >= 0.3 is 11.9 Å². The molecule has 0 bridgehead atoms. The van der Waals surface area contributed by atoms with Gasteiger partial charge in [0.05, 0.1) is 17.6 Å². The lowest BCUT2D eigenvalue weighted by Crippen LogP contribution is -2.30. The third-order valence-corrected chi connectivity index (χ3v) is 5.26. The second kappa shape index (κ2) is 9.96. The predicted molar refractivity (Wildman–Crippen MR) is 119 cm³/mol. The normalized spacial score (nSPS) is 16.7. The summed E-state index contributed by atoms with van der Waals surface area (Å²) in [5.41, 5.74) is 1.33. The molecule has 1 aliphatic heterocycles. The number of rotatable bonds is 7. The summed E-state index contributed by atoms with van der Waals surface area (Å²) in [4.78, 5) is 51.0. The van der Waals surface area contributed by atoms with Gasteiger partial charge in [0.1, 0.15) is 0 Å². The average molecular weight is 458 g/mol. The van der Waals surface area contributed by atoms with E-state index in [4.69, 9.17) is 21.1 Å². The van der Waals surface area contributed by atoms with Crippen molar-refractivity contribution in [3.8, 4) is 0 Å². The van der Waals surface area contributed by atoms with Gasteiger partial charge in [-0.3, -0.25) is 14.4 Å². The third-order valence-electron chi connectivity index (χ3n) is 5.01. The molecule has 1 aliphatic rings. The molecule has 1 saturated heterocycles. The van der Waals surface area contributed by atoms with Crippen LogP contribution in [-0.4, -0.2) is 42.4 Å². The van der Waals surface area contributed by atoms with E-state index in [1.807, 2.05) is 0 Å². The number of halogens is 1. The van der Waals surface area contributed by atoms with Crippen molar-refractivity contribution in [3.05, 3.63) is 64.7 Å². The van der Waals surface area contributed by atoms with Gasteiger partial charge in [-0.05, 0) is 69.3 Å². The summed E-state index contributed by atoms with van der Waals surface area (Å²) in [5.74, 6) is -2.32. The van der Waals surface area contributed by atoms with E-state index >= 15 is 0 Å². The van der Waals surface area contributed by atoms with Gasteiger partial charge in [-0.2, -0.15) is 0 Å². The summed E-state index contributed by atoms with van der Waals surface area (Å²) in [6, 6.07) is 12.7. The molecule has 3 rings (SSSR count). The monoisotopic (exact) mass is 457 g/mol. The van der Waals surface area contributed by atoms with Crippen LogP contribution in [0.15, 0.2) is 48.5 Å². The van der Waals surface area contributed by atoms with E-state index in [-0.39, 0.29) is 30.8 Å². The molecule has 0 spiro atoms. The van der Waals surface area contributed by atoms with E-state index in [1.165, 1.54) is 11.8 Å². The number of anilines is 1. The topological polar surface area (TPSA) is 90.0 Å². The van der Waals surface area contributed by atoms with Crippen molar-refractivity contribution in [3.63, 3.8) is 0 Å². The highest BCUT2D eigenvalue weighted by molar-refractivity contribution is 6.30. The lowest BCUT2D eigenvalue weighted by Gasteiger charge is -2.18. The van der Waals surface area contributed by atoms with Crippen LogP contribution in [-0.2, 0) is 19.1 Å². The van der Waals surface area contributed by atoms with Crippen molar-refractivity contribution < 1.29 is 28.7 Å². The van der Waals surface area contributed by atoms with E-state index in [0.717, 1.165) is 0 Å². The lowest BCUT2D eigenvalue weighted by atomic mass is 10.1. The van der Waals surface area contributed by atoms with Crippen LogP contribution in [0.25, 0.3) is 0 Å². The van der Waals surface area contributed by atoms with Gasteiger partial charge in [0.25, 0.3) is 0 Å². The minimum atomic E-state index is -0.987. The number of Topliss-reactive ketones (excluding diaryl/α,β-unsaturated/α-hetero) is 1. The molecule has 0 aliphatic carbocycles. The van der Waals surface area contributed by atoms with Gasteiger partial charge in [0, 0.05) is 29.2 Å². The molecular formula is C24H24ClNO6. The zero-order chi connectivity index (χ0) is 23.4. The van der Waals surface area contributed by atoms with Gasteiger partial charge in [0.15, 0.2) is 6.10 Å². The lowest BCUT2D eigenvalue weighted by molar-refractivity contribution is -0.151. The van der Waals surface area contributed by atoms with Gasteiger partial charge in [-0.15, -0.1) is 0 Å². The molecule has 2 atom stereocenters. The van der Waals surface area contributed by atoms with Crippen molar-refractivity contribution in [2.75, 3.05) is 11.4 Å². The van der Waals surface area contributed by atoms with Crippen LogP contribution in [0.4, 0.5) is 5.69 Å². The summed E-state index contributed by atoms with van der Waals surface area (Å²) in [5, 5.41) is 0.501. The maximum Gasteiger partial charge on any atom is 0.338 e. The Bertz CT molecular complexity index is 1020. The van der Waals surface area contributed by atoms with Crippen LogP contribution in [0.5, 0.6) is 0 Å². The maximum atomic E-state index is 12.6. The largest absolute Gasteiger partial charge is 0.459 e. The Kier molecular flexibility index (Phi) is 7.30. The number of carbonyl (C=O) groups excluding carboxylic acids is 4. The molecule has 2 aromatic rings. The number of ether oxygens (including phenoxy) is 2. The van der Waals surface area contributed by atoms with Crippen molar-refractivity contribution in [2.45, 2.75) is 39.4 Å². The molecule has 0 saturated carbocycles. The molecule has 0 unspecified atom stereocenters. The summed E-state index contributed by atoms with van der Waals surface area (Å²) in [6.45, 7) is 5.16. The standard InChI is InChI=1S/C24H24ClNO6/c1-14(2)31-23(29)17-6-10-20(11-7-17)26-13-18(12-21(26)27)24(30)32-15(3)22(28)16-4-8-19(25)9-5-16/h4-11,14-15,18H,12-13H2,1-3H3/t15-,18-/m0/s1. The van der Waals surface area contributed by atoms with E-state index in [9.17, 15) is 19.2 Å². The fourth-order valence-electron chi connectivity index (χ4n) is 3.35.